The van der Waals surface area contributed by atoms with Gasteiger partial charge in [0.2, 0.25) is 0 Å². The molecule has 5 heteroatoms. The highest BCUT2D eigenvalue weighted by Gasteiger charge is 2.41. The van der Waals surface area contributed by atoms with E-state index in [1.807, 2.05) is 41.2 Å². The van der Waals surface area contributed by atoms with E-state index in [9.17, 15) is 0 Å². The van der Waals surface area contributed by atoms with E-state index in [4.69, 9.17) is 13.3 Å². The van der Waals surface area contributed by atoms with Crippen LogP contribution >= 0.6 is 12.6 Å². The topological polar surface area (TPSA) is 27.7 Å². The number of thiol groups is 1. The molecule has 0 aliphatic carbocycles. The Morgan fingerprint density at radius 2 is 1.43 bits per heavy atom. The molecule has 1 atom stereocenters. The molecule has 0 aromatic rings. The second kappa shape index (κ2) is 4.53. The van der Waals surface area contributed by atoms with E-state index in [-0.39, 0.29) is 5.60 Å². The molecule has 0 rings (SSSR count). The van der Waals surface area contributed by atoms with Crippen molar-refractivity contribution >= 4 is 21.4 Å². The van der Waals surface area contributed by atoms with Crippen LogP contribution in [0.5, 0.6) is 0 Å². The molecule has 0 heterocycles. The maximum Gasteiger partial charge on any atom is 0.498 e. The number of hydrogen-bond donors (Lipinski definition) is 1. The first-order valence-electron chi connectivity index (χ1n) is 4.65. The monoisotopic (exact) mass is 238 g/mol. The highest BCUT2D eigenvalue weighted by Crippen LogP contribution is 2.25. The van der Waals surface area contributed by atoms with Gasteiger partial charge in [-0.05, 0) is 34.6 Å². The van der Waals surface area contributed by atoms with E-state index < -0.39 is 13.7 Å². The maximum absolute atomic E-state index is 5.80. The van der Waals surface area contributed by atoms with Crippen LogP contribution in [0, 0.1) is 0 Å². The van der Waals surface area contributed by atoms with Crippen LogP contribution in [0.15, 0.2) is 0 Å². The molecule has 0 aliphatic heterocycles. The predicted octanol–water partition coefficient (Wildman–Crippen LogP) is 2.70. The largest absolute Gasteiger partial charge is 0.498 e. The third-order valence-electron chi connectivity index (χ3n) is 1.30. The lowest BCUT2D eigenvalue weighted by Crippen LogP contribution is -2.50. The minimum atomic E-state index is -2.57. The summed E-state index contributed by atoms with van der Waals surface area (Å²) < 4.78 is 16.8. The van der Waals surface area contributed by atoms with Crippen molar-refractivity contribution in [1.82, 2.24) is 0 Å². The van der Waals surface area contributed by atoms with Crippen molar-refractivity contribution < 1.29 is 13.3 Å². The van der Waals surface area contributed by atoms with E-state index in [1.54, 1.807) is 7.11 Å². The lowest BCUT2D eigenvalue weighted by atomic mass is 10.2. The van der Waals surface area contributed by atoms with Crippen molar-refractivity contribution in [3.8, 4) is 0 Å². The molecule has 0 radical (unpaired) electrons. The van der Waals surface area contributed by atoms with E-state index in [1.165, 1.54) is 0 Å². The second-order valence-electron chi connectivity index (χ2n) is 4.83. The Morgan fingerprint density at radius 3 is 1.64 bits per heavy atom. The summed E-state index contributed by atoms with van der Waals surface area (Å²) in [7, 11) is -0.962. The minimum Gasteiger partial charge on any atom is -0.377 e. The van der Waals surface area contributed by atoms with Gasteiger partial charge in [-0.25, -0.2) is 0 Å². The van der Waals surface area contributed by atoms with Crippen LogP contribution in [-0.4, -0.2) is 26.4 Å². The molecule has 0 amide bonds. The van der Waals surface area contributed by atoms with Crippen molar-refractivity contribution in [1.29, 1.82) is 0 Å². The summed E-state index contributed by atoms with van der Waals surface area (Å²) in [5.74, 6) is 0. The molecule has 0 aromatic heterocycles. The normalized spacial score (nSPS) is 18.0. The van der Waals surface area contributed by atoms with Gasteiger partial charge in [-0.15, -0.1) is 12.6 Å². The van der Waals surface area contributed by atoms with Gasteiger partial charge in [0, 0.05) is 13.7 Å². The average Bonchev–Trinajstić information content (AvgIpc) is 1.78. The van der Waals surface area contributed by atoms with E-state index in [0.29, 0.717) is 0 Å². The molecule has 0 fully saturated rings. The summed E-state index contributed by atoms with van der Waals surface area (Å²) in [6.45, 7) is 11.5. The molecule has 14 heavy (non-hydrogen) atoms. The first kappa shape index (κ1) is 14.4. The Kier molecular flexibility index (Phi) is 4.67. The van der Waals surface area contributed by atoms with Gasteiger partial charge in [0.15, 0.2) is 0 Å². The summed E-state index contributed by atoms with van der Waals surface area (Å²) in [6.07, 6.45) is 0. The summed E-state index contributed by atoms with van der Waals surface area (Å²) in [5.41, 5.74) is -0.268. The average molecular weight is 238 g/mol. The fourth-order valence-corrected chi connectivity index (χ4v) is 3.84. The molecule has 1 unspecified atom stereocenters. The molecular formula is C9H22O3SSi. The van der Waals surface area contributed by atoms with E-state index in [2.05, 4.69) is 12.6 Å². The summed E-state index contributed by atoms with van der Waals surface area (Å²) in [6, 6.07) is 0. The summed E-state index contributed by atoms with van der Waals surface area (Å²) in [4.78, 5) is -0.539. The number of rotatable bonds is 4. The zero-order valence-electron chi connectivity index (χ0n) is 10.2. The van der Waals surface area contributed by atoms with Crippen molar-refractivity contribution in [2.24, 2.45) is 0 Å². The fourth-order valence-electron chi connectivity index (χ4n) is 1.11. The lowest BCUT2D eigenvalue weighted by molar-refractivity contribution is -0.0103. The van der Waals surface area contributed by atoms with Gasteiger partial charge >= 0.3 is 8.80 Å². The highest BCUT2D eigenvalue weighted by molar-refractivity contribution is 7.81. The number of hydrogen-bond acceptors (Lipinski definition) is 4. The van der Waals surface area contributed by atoms with E-state index >= 15 is 0 Å². The summed E-state index contributed by atoms with van der Waals surface area (Å²) >= 11 is 4.30. The van der Waals surface area contributed by atoms with Crippen LogP contribution in [-0.2, 0) is 13.3 Å². The van der Waals surface area contributed by atoms with Gasteiger partial charge in [0.05, 0.1) is 10.5 Å². The van der Waals surface area contributed by atoms with Gasteiger partial charge in [-0.2, -0.15) is 0 Å². The standard InChI is InChI=1S/C9H22O3SSi/c1-8(2,3)11-14(7,10-6)12-9(4,5)13/h13H,1-7H3. The molecule has 86 valence electrons. The predicted molar refractivity (Wildman–Crippen MR) is 63.6 cm³/mol. The molecule has 3 nitrogen and oxygen atoms in total. The summed E-state index contributed by atoms with van der Waals surface area (Å²) in [5, 5.41) is 0. The first-order chi connectivity index (χ1) is 5.97. The Morgan fingerprint density at radius 1 is 1.00 bits per heavy atom. The molecular weight excluding hydrogens is 216 g/mol. The SMILES string of the molecule is CO[Si](C)(OC(C)(C)C)OC(C)(C)S. The molecule has 0 saturated heterocycles. The van der Waals surface area contributed by atoms with Gasteiger partial charge < -0.3 is 13.3 Å². The van der Waals surface area contributed by atoms with Crippen LogP contribution in [0.3, 0.4) is 0 Å². The maximum atomic E-state index is 5.80. The Labute approximate surface area is 93.9 Å². The lowest BCUT2D eigenvalue weighted by Gasteiger charge is -2.36. The van der Waals surface area contributed by atoms with Crippen LogP contribution in [0.1, 0.15) is 34.6 Å². The van der Waals surface area contributed by atoms with Crippen LogP contribution in [0.25, 0.3) is 0 Å². The van der Waals surface area contributed by atoms with E-state index in [0.717, 1.165) is 0 Å². The van der Waals surface area contributed by atoms with Crippen molar-refractivity contribution in [3.05, 3.63) is 0 Å². The van der Waals surface area contributed by atoms with Crippen molar-refractivity contribution in [3.63, 3.8) is 0 Å². The zero-order chi connectivity index (χ0) is 11.6. The molecule has 0 saturated carbocycles. The van der Waals surface area contributed by atoms with Crippen LogP contribution in [0.2, 0.25) is 6.55 Å². The Bertz CT molecular complexity index is 167. The third-order valence-corrected chi connectivity index (χ3v) is 4.17. The fraction of sp³-hybridized carbons (Fsp3) is 1.00. The Balaban J connectivity index is 4.49. The van der Waals surface area contributed by atoms with Crippen molar-refractivity contribution in [2.75, 3.05) is 7.11 Å². The highest BCUT2D eigenvalue weighted by atomic mass is 32.1. The first-order valence-corrected chi connectivity index (χ1v) is 7.32. The second-order valence-corrected chi connectivity index (χ2v) is 8.45. The van der Waals surface area contributed by atoms with Gasteiger partial charge in [-0.3, -0.25) is 0 Å². The van der Waals surface area contributed by atoms with Gasteiger partial charge in [-0.1, -0.05) is 0 Å². The molecule has 0 bridgehead atoms. The zero-order valence-corrected chi connectivity index (χ0v) is 12.1. The van der Waals surface area contributed by atoms with Gasteiger partial charge in [0.1, 0.15) is 0 Å². The molecule has 0 aliphatic rings. The van der Waals surface area contributed by atoms with Crippen LogP contribution in [0.4, 0.5) is 0 Å². The quantitative estimate of drug-likeness (QED) is 0.463. The van der Waals surface area contributed by atoms with Crippen LogP contribution < -0.4 is 0 Å². The molecule has 0 N–H and O–H groups in total. The third kappa shape index (κ3) is 6.84. The van der Waals surface area contributed by atoms with Gasteiger partial charge in [0.25, 0.3) is 0 Å². The molecule has 0 aromatic carbocycles. The Hall–Kier alpha value is 0.447. The molecule has 0 spiro atoms. The smallest absolute Gasteiger partial charge is 0.377 e. The minimum absolute atomic E-state index is 0.268. The van der Waals surface area contributed by atoms with Crippen molar-refractivity contribution in [2.45, 2.75) is 51.7 Å².